The number of carbonyl (C=O) groups is 4. The van der Waals surface area contributed by atoms with E-state index in [9.17, 15) is 29.4 Å². The van der Waals surface area contributed by atoms with Gasteiger partial charge >= 0.3 is 0 Å². The number of carbonyl (C=O) groups excluding carboxylic acids is 4. The van der Waals surface area contributed by atoms with Crippen LogP contribution in [0.15, 0.2) is 112 Å². The molecule has 3 aromatic carbocycles. The number of amides is 4. The molecule has 0 bridgehead atoms. The van der Waals surface area contributed by atoms with Crippen LogP contribution >= 0.6 is 48.0 Å². The first kappa shape index (κ1) is 64.0. The summed E-state index contributed by atoms with van der Waals surface area (Å²) in [6.07, 6.45) is 7.94. The number of ether oxygens (including phenoxy) is 4. The maximum absolute atomic E-state index is 13.5. The third kappa shape index (κ3) is 16.4. The number of benzene rings is 3. The quantitative estimate of drug-likeness (QED) is 0.0496. The number of nitrogens with zero attached hydrogens (tertiary/aromatic N) is 4. The molecule has 1 saturated heterocycles. The van der Waals surface area contributed by atoms with Crippen molar-refractivity contribution in [1.29, 1.82) is 0 Å². The summed E-state index contributed by atoms with van der Waals surface area (Å²) in [5.41, 5.74) is 2.24. The lowest BCUT2D eigenvalue weighted by Crippen LogP contribution is -2.35. The molecule has 2 saturated carbocycles. The van der Waals surface area contributed by atoms with Crippen LogP contribution < -0.4 is 30.7 Å². The number of rotatable bonds is 17. The van der Waals surface area contributed by atoms with Crippen LogP contribution in [0.3, 0.4) is 0 Å². The first-order valence-corrected chi connectivity index (χ1v) is 27.6. The Labute approximate surface area is 502 Å². The molecule has 2 aliphatic carbocycles. The van der Waals surface area contributed by atoms with Gasteiger partial charge in [0, 0.05) is 52.6 Å². The van der Waals surface area contributed by atoms with E-state index in [1.165, 1.54) is 12.4 Å². The van der Waals surface area contributed by atoms with Crippen molar-refractivity contribution >= 4 is 117 Å². The van der Waals surface area contributed by atoms with Crippen LogP contribution in [0.5, 0.6) is 11.5 Å². The van der Waals surface area contributed by atoms with Gasteiger partial charge in [0.2, 0.25) is 23.3 Å². The molecule has 3 aliphatic rings. The standard InChI is InChI=1S/C33H35ClN4O6.C26H31ClN4O6.2ClH/c1-38(2)23-11-8-20(9-12-23)31(39)37-29-26-16-24(43-25-18-41-33(42-19-25)21-6-4-3-5-7-21)13-14-27(26)44-30(29)32(40)36-28-15-10-22(34)17-35-28;1-31(2)17-6-3-15(4-7-17)25(34)30-23-20-11-18(36-19(13-32)14-33)8-9-21(20)37-24(23)26(35)29-22-10-5-16(27)12-28-22;;/h3-7,10,13-17,20,23,25,33H,8-9,11-12,18-19H2,1-2H3,(H,37,39)(H,35,36,40);5,8-12,15,17,19,32-33H,3-4,6-7,13-14H2,1-2H3,(H,30,34)(H,28,29,35);2*1H. The van der Waals surface area contributed by atoms with Gasteiger partial charge in [0.25, 0.3) is 11.8 Å². The molecule has 24 heteroatoms. The van der Waals surface area contributed by atoms with Crippen molar-refractivity contribution in [2.24, 2.45) is 11.8 Å². The molecule has 0 atom stereocenters. The second kappa shape index (κ2) is 29.8. The molecule has 0 unspecified atom stereocenters. The Morgan fingerprint density at radius 3 is 1.47 bits per heavy atom. The molecular formula is C59H68Cl4N8O12. The van der Waals surface area contributed by atoms with E-state index < -0.39 is 24.2 Å². The smallest absolute Gasteiger partial charge is 0.294 e. The van der Waals surface area contributed by atoms with E-state index in [4.69, 9.17) is 51.0 Å². The van der Waals surface area contributed by atoms with Crippen LogP contribution in [0.2, 0.25) is 10.0 Å². The number of aliphatic hydroxyl groups excluding tert-OH is 2. The topological polar surface area (TPSA) is 252 Å². The minimum absolute atomic E-state index is 0. The molecule has 444 valence electrons. The van der Waals surface area contributed by atoms with Crippen LogP contribution in [-0.2, 0) is 19.1 Å². The van der Waals surface area contributed by atoms with Gasteiger partial charge in [-0.15, -0.1) is 24.8 Å². The van der Waals surface area contributed by atoms with Gasteiger partial charge in [-0.05, 0) is 140 Å². The van der Waals surface area contributed by atoms with E-state index in [0.717, 1.165) is 56.9 Å². The fourth-order valence-electron chi connectivity index (χ4n) is 10.1. The lowest BCUT2D eigenvalue weighted by molar-refractivity contribution is -0.215. The first-order valence-electron chi connectivity index (χ1n) is 26.9. The molecule has 20 nitrogen and oxygen atoms in total. The van der Waals surface area contributed by atoms with E-state index in [0.29, 0.717) is 74.6 Å². The molecule has 4 amide bonds. The number of halogens is 4. The third-order valence-corrected chi connectivity index (χ3v) is 15.2. The van der Waals surface area contributed by atoms with Crippen molar-refractivity contribution in [3.8, 4) is 11.5 Å². The van der Waals surface area contributed by atoms with E-state index in [1.807, 2.05) is 44.4 Å². The molecule has 83 heavy (non-hydrogen) atoms. The largest absolute Gasteiger partial charge is 0.486 e. The van der Waals surface area contributed by atoms with E-state index >= 15 is 0 Å². The summed E-state index contributed by atoms with van der Waals surface area (Å²) in [5, 5.41) is 32.0. The zero-order chi connectivity index (χ0) is 57.2. The van der Waals surface area contributed by atoms with Crippen LogP contribution in [-0.4, -0.2) is 133 Å². The number of aromatic nitrogens is 2. The van der Waals surface area contributed by atoms with Crippen molar-refractivity contribution < 1.29 is 57.2 Å². The molecule has 6 N–H and O–H groups in total. The van der Waals surface area contributed by atoms with Gasteiger partial charge < -0.3 is 69.1 Å². The Morgan fingerprint density at radius 1 is 0.602 bits per heavy atom. The predicted octanol–water partition coefficient (Wildman–Crippen LogP) is 10.7. The van der Waals surface area contributed by atoms with Crippen molar-refractivity contribution in [3.05, 3.63) is 131 Å². The fraction of sp³-hybridized carbons (Fsp3) is 0.390. The lowest BCUT2D eigenvalue weighted by atomic mass is 9.85. The number of nitrogens with one attached hydrogen (secondary N) is 4. The Morgan fingerprint density at radius 2 is 1.05 bits per heavy atom. The normalized spacial score (nSPS) is 19.7. The number of hydrogen-bond acceptors (Lipinski definition) is 16. The molecule has 4 aromatic heterocycles. The van der Waals surface area contributed by atoms with Gasteiger partial charge in [0.15, 0.2) is 6.29 Å². The maximum atomic E-state index is 13.5. The molecular weight excluding hydrogens is 1150 g/mol. The van der Waals surface area contributed by atoms with Gasteiger partial charge in [0.1, 0.15) is 57.9 Å². The van der Waals surface area contributed by atoms with Gasteiger partial charge in [-0.2, -0.15) is 0 Å². The summed E-state index contributed by atoms with van der Waals surface area (Å²) in [4.78, 5) is 66.0. The highest BCUT2D eigenvalue weighted by Crippen LogP contribution is 2.39. The zero-order valence-corrected chi connectivity index (χ0v) is 49.3. The minimum atomic E-state index is -0.812. The van der Waals surface area contributed by atoms with Gasteiger partial charge in [-0.3, -0.25) is 19.2 Å². The highest BCUT2D eigenvalue weighted by molar-refractivity contribution is 6.30. The summed E-state index contributed by atoms with van der Waals surface area (Å²) in [6, 6.07) is 27.0. The monoisotopic (exact) mass is 1220 g/mol. The van der Waals surface area contributed by atoms with Crippen molar-refractivity contribution in [2.45, 2.75) is 81.9 Å². The van der Waals surface area contributed by atoms with Crippen LogP contribution in [0.4, 0.5) is 23.0 Å². The molecule has 0 spiro atoms. The molecule has 7 aromatic rings. The number of hydrogen-bond donors (Lipinski definition) is 6. The van der Waals surface area contributed by atoms with Crippen molar-refractivity contribution in [2.75, 3.05) is 75.9 Å². The second-order valence-electron chi connectivity index (χ2n) is 20.7. The fourth-order valence-corrected chi connectivity index (χ4v) is 10.4. The van der Waals surface area contributed by atoms with Crippen LogP contribution in [0.25, 0.3) is 21.9 Å². The van der Waals surface area contributed by atoms with E-state index in [2.05, 4.69) is 55.1 Å². The number of aliphatic hydroxyl groups is 2. The Kier molecular flexibility index (Phi) is 23.0. The average molecular weight is 1220 g/mol. The number of anilines is 4. The molecule has 1 aliphatic heterocycles. The SMILES string of the molecule is CN(C)C1CCC(C(=O)Nc2c(C(=O)Nc3ccc(Cl)cn3)oc3ccc(OC(CO)CO)cc23)CC1.CN(C)C1CCC(C(=O)Nc2c(C(=O)Nc3ccc(Cl)cn3)oc3ccc(OC4COC(c5ccccc5)OC4)cc23)CC1.Cl.Cl. The van der Waals surface area contributed by atoms with Crippen LogP contribution in [0, 0.1) is 11.8 Å². The lowest BCUT2D eigenvalue weighted by Gasteiger charge is -2.31. The summed E-state index contributed by atoms with van der Waals surface area (Å²) < 4.78 is 35.5. The molecule has 0 radical (unpaired) electrons. The summed E-state index contributed by atoms with van der Waals surface area (Å²) >= 11 is 11.8. The van der Waals surface area contributed by atoms with Crippen LogP contribution in [0.1, 0.15) is 84.3 Å². The molecule has 5 heterocycles. The van der Waals surface area contributed by atoms with E-state index in [-0.39, 0.29) is 96.5 Å². The van der Waals surface area contributed by atoms with E-state index in [1.54, 1.807) is 60.7 Å². The average Bonchev–Trinajstić information content (AvgIpc) is 4.03. The molecule has 3 fully saturated rings. The number of pyridine rings is 2. The molecule has 10 rings (SSSR count). The Hall–Kier alpha value is -6.56. The third-order valence-electron chi connectivity index (χ3n) is 14.7. The second-order valence-corrected chi connectivity index (χ2v) is 21.6. The minimum Gasteiger partial charge on any atom is -0.486 e. The summed E-state index contributed by atoms with van der Waals surface area (Å²) in [7, 11) is 8.22. The summed E-state index contributed by atoms with van der Waals surface area (Å²) in [6.45, 7) is -0.0737. The van der Waals surface area contributed by atoms with Gasteiger partial charge in [0.05, 0.1) is 36.5 Å². The Bertz CT molecular complexity index is 3270. The van der Waals surface area contributed by atoms with Crippen molar-refractivity contribution in [1.82, 2.24) is 19.8 Å². The first-order chi connectivity index (χ1) is 39.1. The highest BCUT2D eigenvalue weighted by Gasteiger charge is 2.33. The van der Waals surface area contributed by atoms with Crippen molar-refractivity contribution in [3.63, 3.8) is 0 Å². The van der Waals surface area contributed by atoms with Gasteiger partial charge in [-0.25, -0.2) is 9.97 Å². The summed E-state index contributed by atoms with van der Waals surface area (Å²) in [5.74, 6) is -0.502. The maximum Gasteiger partial charge on any atom is 0.294 e. The predicted molar refractivity (Wildman–Crippen MR) is 322 cm³/mol. The zero-order valence-electron chi connectivity index (χ0n) is 46.2. The Balaban J connectivity index is 0.000000237. The number of furan rings is 2. The highest BCUT2D eigenvalue weighted by atomic mass is 35.5. The van der Waals surface area contributed by atoms with Gasteiger partial charge in [-0.1, -0.05) is 53.5 Å². The number of fused-ring (bicyclic) bond motifs is 2.